The Bertz CT molecular complexity index is 584. The first-order chi connectivity index (χ1) is 11.1. The van der Waals surface area contributed by atoms with Crippen molar-refractivity contribution in [3.8, 4) is 0 Å². The third-order valence-corrected chi connectivity index (χ3v) is 5.75. The predicted octanol–water partition coefficient (Wildman–Crippen LogP) is 2.89. The van der Waals surface area contributed by atoms with E-state index in [0.717, 1.165) is 44.2 Å². The van der Waals surface area contributed by atoms with Crippen LogP contribution in [0.25, 0.3) is 0 Å². The van der Waals surface area contributed by atoms with Crippen molar-refractivity contribution in [2.45, 2.75) is 50.5 Å². The summed E-state index contributed by atoms with van der Waals surface area (Å²) in [7, 11) is 0. The van der Waals surface area contributed by atoms with Crippen LogP contribution in [0, 0.1) is 11.2 Å². The van der Waals surface area contributed by atoms with Crippen LogP contribution in [0.15, 0.2) is 24.3 Å². The highest BCUT2D eigenvalue weighted by atomic mass is 19.1. The summed E-state index contributed by atoms with van der Waals surface area (Å²) < 4.78 is 13.0. The Labute approximate surface area is 137 Å². The Balaban J connectivity index is 1.37. The summed E-state index contributed by atoms with van der Waals surface area (Å²) in [5.41, 5.74) is 0.863. The summed E-state index contributed by atoms with van der Waals surface area (Å²) in [4.78, 5) is 15.3. The van der Waals surface area contributed by atoms with E-state index < -0.39 is 0 Å². The lowest BCUT2D eigenvalue weighted by Crippen LogP contribution is -2.48. The summed E-state index contributed by atoms with van der Waals surface area (Å²) in [6, 6.07) is 6.58. The van der Waals surface area contributed by atoms with Gasteiger partial charge in [-0.3, -0.25) is 4.79 Å². The monoisotopic (exact) mass is 316 g/mol. The number of benzene rings is 1. The molecule has 0 aromatic heterocycles. The van der Waals surface area contributed by atoms with E-state index in [4.69, 9.17) is 0 Å². The normalized spacial score (nSPS) is 24.4. The van der Waals surface area contributed by atoms with Crippen LogP contribution in [0.4, 0.5) is 4.39 Å². The average molecular weight is 316 g/mol. The molecule has 23 heavy (non-hydrogen) atoms. The Morgan fingerprint density at radius 2 is 1.74 bits per heavy atom. The maximum atomic E-state index is 13.0. The van der Waals surface area contributed by atoms with E-state index in [1.165, 1.54) is 38.1 Å². The largest absolute Gasteiger partial charge is 0.349 e. The van der Waals surface area contributed by atoms with E-state index in [0.29, 0.717) is 0 Å². The van der Waals surface area contributed by atoms with Gasteiger partial charge < -0.3 is 10.2 Å². The number of amides is 1. The molecule has 1 aliphatic heterocycles. The highest BCUT2D eigenvalue weighted by Gasteiger charge is 2.54. The van der Waals surface area contributed by atoms with Crippen LogP contribution in [0.1, 0.15) is 44.1 Å². The van der Waals surface area contributed by atoms with Crippen molar-refractivity contribution < 1.29 is 9.18 Å². The lowest BCUT2D eigenvalue weighted by molar-refractivity contribution is -0.127. The van der Waals surface area contributed by atoms with Crippen LogP contribution in [-0.2, 0) is 11.2 Å². The van der Waals surface area contributed by atoms with Gasteiger partial charge in [-0.1, -0.05) is 12.1 Å². The molecule has 2 aliphatic carbocycles. The molecular weight excluding hydrogens is 291 g/mol. The molecular formula is C19H25FN2O. The van der Waals surface area contributed by atoms with E-state index in [9.17, 15) is 9.18 Å². The van der Waals surface area contributed by atoms with Crippen molar-refractivity contribution in [3.05, 3.63) is 35.6 Å². The summed E-state index contributed by atoms with van der Waals surface area (Å²) in [5, 5.41) is 3.37. The highest BCUT2D eigenvalue weighted by molar-refractivity contribution is 5.86. The number of likely N-dealkylation sites (tertiary alicyclic amines) is 1. The van der Waals surface area contributed by atoms with Gasteiger partial charge in [0.2, 0.25) is 5.91 Å². The predicted molar refractivity (Wildman–Crippen MR) is 87.6 cm³/mol. The van der Waals surface area contributed by atoms with Crippen molar-refractivity contribution in [2.75, 3.05) is 19.6 Å². The minimum Gasteiger partial charge on any atom is -0.349 e. The number of carbonyl (C=O) groups excluding carboxylic acids is 1. The smallest absolute Gasteiger partial charge is 0.227 e. The van der Waals surface area contributed by atoms with Crippen molar-refractivity contribution in [2.24, 2.45) is 5.41 Å². The first-order valence-corrected chi connectivity index (χ1v) is 8.89. The molecule has 0 radical (unpaired) electrons. The number of carbonyl (C=O) groups is 1. The molecule has 124 valence electrons. The number of nitrogens with one attached hydrogen (secondary N) is 1. The molecule has 1 aromatic rings. The molecule has 2 saturated carbocycles. The molecule has 1 amide bonds. The zero-order chi connectivity index (χ0) is 15.9. The van der Waals surface area contributed by atoms with Gasteiger partial charge in [0, 0.05) is 6.54 Å². The van der Waals surface area contributed by atoms with Crippen LogP contribution >= 0.6 is 0 Å². The van der Waals surface area contributed by atoms with Gasteiger partial charge in [0.25, 0.3) is 0 Å². The van der Waals surface area contributed by atoms with Gasteiger partial charge in [-0.05, 0) is 75.7 Å². The number of nitrogens with zero attached hydrogens (tertiary/aromatic N) is 1. The summed E-state index contributed by atoms with van der Waals surface area (Å²) in [6.07, 6.45) is 7.45. The molecule has 0 bridgehead atoms. The van der Waals surface area contributed by atoms with E-state index >= 15 is 0 Å². The van der Waals surface area contributed by atoms with Gasteiger partial charge in [0.15, 0.2) is 0 Å². The molecule has 0 spiro atoms. The quantitative estimate of drug-likeness (QED) is 0.875. The third kappa shape index (κ3) is 3.27. The van der Waals surface area contributed by atoms with Crippen molar-refractivity contribution in [1.29, 1.82) is 0 Å². The molecule has 0 atom stereocenters. The lowest BCUT2D eigenvalue weighted by Gasteiger charge is -2.26. The minimum absolute atomic E-state index is 0.0415. The fourth-order valence-corrected chi connectivity index (χ4v) is 3.84. The Morgan fingerprint density at radius 1 is 1.09 bits per heavy atom. The van der Waals surface area contributed by atoms with E-state index in [1.807, 2.05) is 0 Å². The Kier molecular flexibility index (Phi) is 3.67. The zero-order valence-corrected chi connectivity index (χ0v) is 13.6. The molecule has 3 aliphatic rings. The molecule has 1 aromatic carbocycles. The number of rotatable bonds is 6. The third-order valence-electron chi connectivity index (χ3n) is 5.75. The average Bonchev–Trinajstić information content (AvgIpc) is 3.42. The van der Waals surface area contributed by atoms with Crippen molar-refractivity contribution in [3.63, 3.8) is 0 Å². The zero-order valence-electron chi connectivity index (χ0n) is 13.6. The second kappa shape index (κ2) is 5.59. The molecule has 1 N–H and O–H groups in total. The van der Waals surface area contributed by atoms with Crippen molar-refractivity contribution >= 4 is 5.91 Å². The molecule has 4 heteroatoms. The standard InChI is InChI=1S/C19H25FN2O/c20-16-5-3-15(4-6-16)13-18(7-8-18)17(23)21-19(9-10-19)14-22-11-1-2-12-22/h3-6H,1-2,7-14H2,(H,21,23). The highest BCUT2D eigenvalue weighted by Crippen LogP contribution is 2.50. The molecule has 3 nitrogen and oxygen atoms in total. The Morgan fingerprint density at radius 3 is 2.30 bits per heavy atom. The molecule has 0 unspecified atom stereocenters. The maximum absolute atomic E-state index is 13.0. The molecule has 1 saturated heterocycles. The number of halogens is 1. The van der Waals surface area contributed by atoms with Crippen LogP contribution in [-0.4, -0.2) is 36.0 Å². The summed E-state index contributed by atoms with van der Waals surface area (Å²) in [5.74, 6) is 0.00381. The van der Waals surface area contributed by atoms with E-state index in [1.54, 1.807) is 12.1 Å². The van der Waals surface area contributed by atoms with Gasteiger partial charge in [0.1, 0.15) is 5.82 Å². The molecule has 3 fully saturated rings. The minimum atomic E-state index is -0.238. The van der Waals surface area contributed by atoms with Crippen LogP contribution in [0.2, 0.25) is 0 Å². The molecule has 1 heterocycles. The van der Waals surface area contributed by atoms with E-state index in [-0.39, 0.29) is 22.7 Å². The van der Waals surface area contributed by atoms with Crippen molar-refractivity contribution in [1.82, 2.24) is 10.2 Å². The van der Waals surface area contributed by atoms with Gasteiger partial charge >= 0.3 is 0 Å². The van der Waals surface area contributed by atoms with Crippen LogP contribution < -0.4 is 5.32 Å². The van der Waals surface area contributed by atoms with E-state index in [2.05, 4.69) is 10.2 Å². The van der Waals surface area contributed by atoms with Gasteiger partial charge in [0.05, 0.1) is 11.0 Å². The van der Waals surface area contributed by atoms with Crippen LogP contribution in [0.5, 0.6) is 0 Å². The summed E-state index contributed by atoms with van der Waals surface area (Å²) in [6.45, 7) is 3.38. The van der Waals surface area contributed by atoms with Crippen LogP contribution in [0.3, 0.4) is 0 Å². The summed E-state index contributed by atoms with van der Waals surface area (Å²) >= 11 is 0. The number of hydrogen-bond donors (Lipinski definition) is 1. The first-order valence-electron chi connectivity index (χ1n) is 8.89. The number of hydrogen-bond acceptors (Lipinski definition) is 2. The molecule has 4 rings (SSSR count). The SMILES string of the molecule is O=C(NC1(CN2CCCC2)CC1)C1(Cc2ccc(F)cc2)CC1. The van der Waals surface area contributed by atoms with Gasteiger partial charge in [-0.2, -0.15) is 0 Å². The second-order valence-corrected chi connectivity index (χ2v) is 7.80. The van der Waals surface area contributed by atoms with Gasteiger partial charge in [-0.25, -0.2) is 4.39 Å². The maximum Gasteiger partial charge on any atom is 0.227 e. The fourth-order valence-electron chi connectivity index (χ4n) is 3.84. The second-order valence-electron chi connectivity index (χ2n) is 7.80. The lowest BCUT2D eigenvalue weighted by atomic mass is 9.95. The fraction of sp³-hybridized carbons (Fsp3) is 0.632. The first kappa shape index (κ1) is 15.1. The topological polar surface area (TPSA) is 32.3 Å². The Hall–Kier alpha value is -1.42. The van der Waals surface area contributed by atoms with Gasteiger partial charge in [-0.15, -0.1) is 0 Å².